The number of ether oxygens (including phenoxy) is 3. The Bertz CT molecular complexity index is 1660. The number of hydrogen-bond acceptors (Lipinski definition) is 10. The maximum absolute atomic E-state index is 13.0. The molecule has 3 aromatic rings. The molecule has 12 nitrogen and oxygen atoms in total. The predicted molar refractivity (Wildman–Crippen MR) is 161 cm³/mol. The lowest BCUT2D eigenvalue weighted by Crippen LogP contribution is -2.60. The van der Waals surface area contributed by atoms with Crippen molar-refractivity contribution in [1.29, 1.82) is 0 Å². The normalized spacial score (nSPS) is 27.4. The van der Waals surface area contributed by atoms with Gasteiger partial charge in [-0.1, -0.05) is 35.9 Å². The number of aliphatic hydroxyl groups excluding tert-OH is 4. The van der Waals surface area contributed by atoms with Gasteiger partial charge in [-0.3, -0.25) is 4.79 Å². The van der Waals surface area contributed by atoms with Gasteiger partial charge in [-0.2, -0.15) is 0 Å². The molecule has 2 heterocycles. The van der Waals surface area contributed by atoms with E-state index >= 15 is 0 Å². The van der Waals surface area contributed by atoms with E-state index in [1.807, 2.05) is 30.3 Å². The van der Waals surface area contributed by atoms with E-state index in [9.17, 15) is 39.9 Å². The zero-order valence-electron chi connectivity index (χ0n) is 24.4. The first-order valence-electron chi connectivity index (χ1n) is 14.8. The summed E-state index contributed by atoms with van der Waals surface area (Å²) in [7, 11) is 0. The molecule has 1 saturated carbocycles. The molecule has 0 aromatic heterocycles. The molecule has 242 valence electrons. The Balaban J connectivity index is 1.13. The fraction of sp³-hybridized carbons (Fsp3) is 0.364. The highest BCUT2D eigenvalue weighted by molar-refractivity contribution is 6.33. The molecule has 3 aliphatic rings. The van der Waals surface area contributed by atoms with Crippen LogP contribution in [0.5, 0.6) is 5.75 Å². The molecule has 6 rings (SSSR count). The van der Waals surface area contributed by atoms with E-state index in [2.05, 4.69) is 0 Å². The van der Waals surface area contributed by atoms with Gasteiger partial charge in [-0.25, -0.2) is 9.59 Å². The first kappa shape index (κ1) is 31.9. The second kappa shape index (κ2) is 13.0. The topological polar surface area (TPSA) is 183 Å². The largest absolute Gasteiger partial charge is 0.489 e. The molecule has 1 saturated heterocycles. The van der Waals surface area contributed by atoms with E-state index in [0.717, 1.165) is 29.5 Å². The van der Waals surface area contributed by atoms with Crippen LogP contribution in [0.1, 0.15) is 51.1 Å². The molecule has 0 radical (unpaired) electrons. The predicted octanol–water partition coefficient (Wildman–Crippen LogP) is 2.50. The lowest BCUT2D eigenvalue weighted by atomic mass is 9.99. The Morgan fingerprint density at radius 2 is 1.72 bits per heavy atom. The third-order valence-electron chi connectivity index (χ3n) is 8.64. The maximum Gasteiger partial charge on any atom is 0.342 e. The van der Waals surface area contributed by atoms with Crippen molar-refractivity contribution < 1.29 is 54.1 Å². The lowest BCUT2D eigenvalue weighted by molar-refractivity contribution is -0.278. The highest BCUT2D eigenvalue weighted by Crippen LogP contribution is 2.34. The molecular formula is C33H32ClNO11. The fourth-order valence-electron chi connectivity index (χ4n) is 6.15. The van der Waals surface area contributed by atoms with Crippen LogP contribution in [0, 0.1) is 0 Å². The minimum atomic E-state index is -1.93. The highest BCUT2D eigenvalue weighted by atomic mass is 35.5. The summed E-state index contributed by atoms with van der Waals surface area (Å²) >= 11 is 6.27. The molecule has 3 aromatic carbocycles. The van der Waals surface area contributed by atoms with Crippen LogP contribution in [-0.2, 0) is 27.4 Å². The monoisotopic (exact) mass is 653 g/mol. The fourth-order valence-corrected chi connectivity index (χ4v) is 6.34. The number of benzene rings is 3. The Morgan fingerprint density at radius 3 is 2.46 bits per heavy atom. The van der Waals surface area contributed by atoms with Crippen LogP contribution in [0.2, 0.25) is 5.02 Å². The summed E-state index contributed by atoms with van der Waals surface area (Å²) in [4.78, 5) is 39.1. The number of hydrogen-bond donors (Lipinski definition) is 5. The third kappa shape index (κ3) is 6.19. The summed E-state index contributed by atoms with van der Waals surface area (Å²) in [6.45, 7) is 0.641. The number of halogens is 1. The molecule has 13 heteroatoms. The van der Waals surface area contributed by atoms with E-state index in [0.29, 0.717) is 29.8 Å². The van der Waals surface area contributed by atoms with E-state index in [4.69, 9.17) is 25.8 Å². The van der Waals surface area contributed by atoms with Crippen LogP contribution < -0.4 is 4.74 Å². The summed E-state index contributed by atoms with van der Waals surface area (Å²) in [6.07, 6.45) is -7.69. The summed E-state index contributed by atoms with van der Waals surface area (Å²) in [6, 6.07) is 17.2. The van der Waals surface area contributed by atoms with Gasteiger partial charge in [-0.05, 0) is 77.9 Å². The molecule has 46 heavy (non-hydrogen) atoms. The van der Waals surface area contributed by atoms with Crippen molar-refractivity contribution in [3.63, 3.8) is 0 Å². The van der Waals surface area contributed by atoms with Gasteiger partial charge < -0.3 is 44.6 Å². The average Bonchev–Trinajstić information content (AvgIpc) is 3.61. The molecular weight excluding hydrogens is 622 g/mol. The van der Waals surface area contributed by atoms with Crippen LogP contribution >= 0.6 is 11.6 Å². The standard InChI is InChI=1S/C33H32ClNO11/c34-23-10-7-18(13-22(23)32(43)46-33-28(39)26(37)27(38)29(45-33)31(41)42)17-4-1-3-16(11-17)15-44-20-8-9-21-19(12-20)14-35(30(21)40)24-5-2-6-25(24)36/h1,3-4,7-13,24-29,33,36-39H,2,5-6,14-15H2,(H,41,42)/t24?,25?,26-,27-,28+,29-,33?/m0/s1. The summed E-state index contributed by atoms with van der Waals surface area (Å²) in [5.74, 6) is -2.13. The summed E-state index contributed by atoms with van der Waals surface area (Å²) in [5.41, 5.74) is 3.49. The van der Waals surface area contributed by atoms with E-state index in [1.54, 1.807) is 23.1 Å². The molecule has 3 unspecified atom stereocenters. The second-order valence-corrected chi connectivity index (χ2v) is 12.0. The van der Waals surface area contributed by atoms with Crippen LogP contribution in [0.15, 0.2) is 60.7 Å². The van der Waals surface area contributed by atoms with Gasteiger partial charge >= 0.3 is 11.9 Å². The molecule has 1 aliphatic carbocycles. The quantitative estimate of drug-likeness (QED) is 0.225. The van der Waals surface area contributed by atoms with Crippen molar-refractivity contribution in [2.45, 2.75) is 75.3 Å². The number of carbonyl (C=O) groups is 3. The minimum Gasteiger partial charge on any atom is -0.489 e. The number of nitrogens with zero attached hydrogens (tertiary/aromatic N) is 1. The number of carboxylic acid groups (broad SMARTS) is 1. The molecule has 2 fully saturated rings. The first-order valence-corrected chi connectivity index (χ1v) is 15.2. The number of esters is 1. The Kier molecular flexibility index (Phi) is 9.01. The number of carbonyl (C=O) groups excluding carboxylic acids is 2. The average molecular weight is 654 g/mol. The lowest BCUT2D eigenvalue weighted by Gasteiger charge is -2.37. The second-order valence-electron chi connectivity index (χ2n) is 11.6. The van der Waals surface area contributed by atoms with Crippen molar-refractivity contribution in [1.82, 2.24) is 4.90 Å². The highest BCUT2D eigenvalue weighted by Gasteiger charge is 2.48. The Labute approximate surface area is 268 Å². The van der Waals surface area contributed by atoms with Crippen LogP contribution in [0.4, 0.5) is 0 Å². The van der Waals surface area contributed by atoms with E-state index in [1.165, 1.54) is 12.1 Å². The zero-order valence-corrected chi connectivity index (χ0v) is 25.1. The minimum absolute atomic E-state index is 0.0185. The molecule has 0 spiro atoms. The number of fused-ring (bicyclic) bond motifs is 1. The van der Waals surface area contributed by atoms with Gasteiger partial charge in [0, 0.05) is 12.1 Å². The Morgan fingerprint density at radius 1 is 0.935 bits per heavy atom. The molecule has 1 amide bonds. The van der Waals surface area contributed by atoms with Crippen LogP contribution in [0.3, 0.4) is 0 Å². The van der Waals surface area contributed by atoms with Gasteiger partial charge in [-0.15, -0.1) is 0 Å². The van der Waals surface area contributed by atoms with Crippen LogP contribution in [-0.4, -0.2) is 91.1 Å². The van der Waals surface area contributed by atoms with Crippen molar-refractivity contribution >= 4 is 29.4 Å². The number of amides is 1. The van der Waals surface area contributed by atoms with Crippen molar-refractivity contribution in [2.75, 3.05) is 0 Å². The zero-order chi connectivity index (χ0) is 32.7. The van der Waals surface area contributed by atoms with Gasteiger partial charge in [0.2, 0.25) is 6.29 Å². The number of rotatable bonds is 8. The van der Waals surface area contributed by atoms with Gasteiger partial charge in [0.25, 0.3) is 5.91 Å². The van der Waals surface area contributed by atoms with Crippen molar-refractivity contribution in [3.8, 4) is 16.9 Å². The smallest absolute Gasteiger partial charge is 0.342 e. The first-order chi connectivity index (χ1) is 22.0. The molecule has 0 bridgehead atoms. The molecule has 7 atom stereocenters. The van der Waals surface area contributed by atoms with Crippen molar-refractivity contribution in [2.24, 2.45) is 0 Å². The van der Waals surface area contributed by atoms with Gasteiger partial charge in [0.1, 0.15) is 30.7 Å². The maximum atomic E-state index is 13.0. The summed E-state index contributed by atoms with van der Waals surface area (Å²) < 4.78 is 16.3. The number of aliphatic carboxylic acids is 1. The van der Waals surface area contributed by atoms with Gasteiger partial charge in [0.05, 0.1) is 22.7 Å². The Hall–Kier alpha value is -4.04. The number of aliphatic hydroxyl groups is 4. The number of carboxylic acids is 1. The molecule has 5 N–H and O–H groups in total. The van der Waals surface area contributed by atoms with Gasteiger partial charge in [0.15, 0.2) is 6.10 Å². The van der Waals surface area contributed by atoms with E-state index in [-0.39, 0.29) is 29.1 Å². The van der Waals surface area contributed by atoms with Crippen molar-refractivity contribution in [3.05, 3.63) is 87.9 Å². The summed E-state index contributed by atoms with van der Waals surface area (Å²) in [5, 5.41) is 49.7. The van der Waals surface area contributed by atoms with Crippen LogP contribution in [0.25, 0.3) is 11.1 Å². The molecule has 2 aliphatic heterocycles. The SMILES string of the molecule is O=C(OC1O[C@H](C(=O)O)[C@@H](O)[C@H](O)[C@H]1O)c1cc(-c2cccc(COc3ccc4c(c3)CN(C3CCCC3O)C4=O)c2)ccc1Cl. The third-order valence-corrected chi connectivity index (χ3v) is 8.97. The van der Waals surface area contributed by atoms with E-state index < -0.39 is 48.7 Å².